The van der Waals surface area contributed by atoms with Gasteiger partial charge in [-0.15, -0.1) is 11.3 Å². The van der Waals surface area contributed by atoms with Gasteiger partial charge in [0.1, 0.15) is 11.5 Å². The van der Waals surface area contributed by atoms with Crippen LogP contribution in [0.4, 0.5) is 10.9 Å². The number of rotatable bonds is 6. The molecule has 0 saturated carbocycles. The lowest BCUT2D eigenvalue weighted by molar-refractivity contribution is 0.740. The second-order valence-electron chi connectivity index (χ2n) is 6.71. The molecule has 3 aromatic rings. The molecule has 2 aromatic heterocycles. The van der Waals surface area contributed by atoms with Crippen LogP contribution in [0, 0.1) is 0 Å². The molecule has 0 aliphatic carbocycles. The third kappa shape index (κ3) is 4.67. The van der Waals surface area contributed by atoms with Gasteiger partial charge in [-0.3, -0.25) is 4.99 Å². The Morgan fingerprint density at radius 2 is 1.96 bits per heavy atom. The highest BCUT2D eigenvalue weighted by atomic mass is 32.1. The maximum atomic E-state index is 4.81. The first-order chi connectivity index (χ1) is 13.8. The van der Waals surface area contributed by atoms with Crippen molar-refractivity contribution < 1.29 is 0 Å². The summed E-state index contributed by atoms with van der Waals surface area (Å²) in [5, 5.41) is 9.36. The van der Waals surface area contributed by atoms with Gasteiger partial charge in [0.05, 0.1) is 5.69 Å². The Hall–Kier alpha value is -2.93. The van der Waals surface area contributed by atoms with E-state index in [-0.39, 0.29) is 0 Å². The molecule has 1 aliphatic heterocycles. The van der Waals surface area contributed by atoms with Crippen molar-refractivity contribution in [3.8, 4) is 11.4 Å². The number of aliphatic imine (C=N–C) groups is 1. The van der Waals surface area contributed by atoms with Gasteiger partial charge < -0.3 is 15.5 Å². The van der Waals surface area contributed by atoms with E-state index >= 15 is 0 Å². The van der Waals surface area contributed by atoms with Crippen LogP contribution in [-0.4, -0.2) is 42.6 Å². The first kappa shape index (κ1) is 18.4. The summed E-state index contributed by atoms with van der Waals surface area (Å²) in [5.41, 5.74) is 3.09. The molecule has 0 unspecified atom stereocenters. The minimum absolute atomic E-state index is 0.800. The second kappa shape index (κ2) is 8.84. The minimum Gasteiger partial charge on any atom is -0.359 e. The lowest BCUT2D eigenvalue weighted by Crippen LogP contribution is -2.35. The van der Waals surface area contributed by atoms with Crippen LogP contribution in [0.25, 0.3) is 11.4 Å². The molecule has 0 amide bonds. The van der Waals surface area contributed by atoms with Gasteiger partial charge in [0, 0.05) is 32.1 Å². The lowest BCUT2D eigenvalue weighted by atomic mass is 10.1. The summed E-state index contributed by atoms with van der Waals surface area (Å²) in [5.74, 6) is 1.75. The fraction of sp³-hybridized carbons (Fsp3) is 0.286. The highest BCUT2D eigenvalue weighted by molar-refractivity contribution is 7.14. The van der Waals surface area contributed by atoms with Crippen molar-refractivity contribution in [2.75, 3.05) is 36.9 Å². The number of guanidine groups is 1. The number of hydrogen-bond acceptors (Lipinski definition) is 7. The van der Waals surface area contributed by atoms with E-state index in [1.165, 1.54) is 5.56 Å². The van der Waals surface area contributed by atoms with Gasteiger partial charge in [0.2, 0.25) is 0 Å². The van der Waals surface area contributed by atoms with Crippen molar-refractivity contribution >= 4 is 28.2 Å². The average Bonchev–Trinajstić information content (AvgIpc) is 3.22. The van der Waals surface area contributed by atoms with E-state index in [2.05, 4.69) is 56.8 Å². The van der Waals surface area contributed by atoms with Crippen LogP contribution in [0.5, 0.6) is 0 Å². The second-order valence-corrected chi connectivity index (χ2v) is 7.57. The molecule has 0 spiro atoms. The number of benzene rings is 1. The van der Waals surface area contributed by atoms with Gasteiger partial charge in [-0.2, -0.15) is 0 Å². The van der Waals surface area contributed by atoms with Crippen molar-refractivity contribution in [1.29, 1.82) is 0 Å². The molecule has 7 heteroatoms. The molecule has 4 rings (SSSR count). The van der Waals surface area contributed by atoms with Crippen LogP contribution in [0.3, 0.4) is 0 Å². The summed E-state index contributed by atoms with van der Waals surface area (Å²) in [6, 6.07) is 16.6. The summed E-state index contributed by atoms with van der Waals surface area (Å²) < 4.78 is 0. The molecule has 6 nitrogen and oxygen atoms in total. The van der Waals surface area contributed by atoms with E-state index in [1.807, 2.05) is 29.6 Å². The molecule has 0 radical (unpaired) electrons. The summed E-state index contributed by atoms with van der Waals surface area (Å²) in [6.07, 6.45) is 2.06. The predicted molar refractivity (Wildman–Crippen MR) is 117 cm³/mol. The molecule has 0 saturated heterocycles. The van der Waals surface area contributed by atoms with Crippen molar-refractivity contribution in [2.45, 2.75) is 12.8 Å². The van der Waals surface area contributed by atoms with Gasteiger partial charge in [0.15, 0.2) is 11.1 Å². The average molecular weight is 393 g/mol. The van der Waals surface area contributed by atoms with Crippen molar-refractivity contribution in [1.82, 2.24) is 15.3 Å². The zero-order chi connectivity index (χ0) is 19.2. The Morgan fingerprint density at radius 1 is 1.07 bits per heavy atom. The molecular weight excluding hydrogens is 368 g/mol. The van der Waals surface area contributed by atoms with Crippen LogP contribution in [-0.2, 0) is 6.42 Å². The molecule has 3 heterocycles. The smallest absolute Gasteiger partial charge is 0.197 e. The fourth-order valence-corrected chi connectivity index (χ4v) is 3.70. The molecule has 28 heavy (non-hydrogen) atoms. The van der Waals surface area contributed by atoms with E-state index in [1.54, 1.807) is 11.3 Å². The topological polar surface area (TPSA) is 65.4 Å². The van der Waals surface area contributed by atoms with Gasteiger partial charge in [-0.25, -0.2) is 9.97 Å². The molecular formula is C21H24N6S. The highest BCUT2D eigenvalue weighted by Crippen LogP contribution is 2.25. The summed E-state index contributed by atoms with van der Waals surface area (Å²) in [7, 11) is 2.08. The number of pyridine rings is 1. The van der Waals surface area contributed by atoms with Gasteiger partial charge in [-0.1, -0.05) is 36.4 Å². The van der Waals surface area contributed by atoms with Gasteiger partial charge in [0.25, 0.3) is 0 Å². The van der Waals surface area contributed by atoms with Crippen LogP contribution < -0.4 is 15.5 Å². The number of aromatic nitrogens is 2. The van der Waals surface area contributed by atoms with E-state index < -0.39 is 0 Å². The molecule has 0 atom stereocenters. The maximum Gasteiger partial charge on any atom is 0.197 e. The quantitative estimate of drug-likeness (QED) is 0.670. The third-order valence-corrected chi connectivity index (χ3v) is 5.35. The minimum atomic E-state index is 0.800. The molecule has 0 fully saturated rings. The molecule has 1 aliphatic rings. The molecule has 0 bridgehead atoms. The number of hydrogen-bond donors (Lipinski definition) is 2. The predicted octanol–water partition coefficient (Wildman–Crippen LogP) is 3.65. The van der Waals surface area contributed by atoms with E-state index in [9.17, 15) is 0 Å². The van der Waals surface area contributed by atoms with Crippen LogP contribution in [0.1, 0.15) is 12.0 Å². The van der Waals surface area contributed by atoms with Crippen molar-refractivity contribution in [3.05, 3.63) is 59.5 Å². The van der Waals surface area contributed by atoms with Gasteiger partial charge in [-0.05, 0) is 30.5 Å². The maximum absolute atomic E-state index is 4.81. The Morgan fingerprint density at radius 3 is 2.79 bits per heavy atom. The number of nitrogens with one attached hydrogen (secondary N) is 2. The summed E-state index contributed by atoms with van der Waals surface area (Å²) in [6.45, 7) is 2.71. The zero-order valence-electron chi connectivity index (χ0n) is 15.9. The van der Waals surface area contributed by atoms with Crippen molar-refractivity contribution in [2.24, 2.45) is 4.99 Å². The zero-order valence-corrected chi connectivity index (χ0v) is 16.7. The van der Waals surface area contributed by atoms with E-state index in [0.29, 0.717) is 0 Å². The number of thiazole rings is 1. The number of nitrogens with zero attached hydrogens (tertiary/aromatic N) is 4. The lowest BCUT2D eigenvalue weighted by Gasteiger charge is -2.18. The van der Waals surface area contributed by atoms with E-state index in [4.69, 9.17) is 4.98 Å². The molecule has 2 N–H and O–H groups in total. The Balaban J connectivity index is 1.42. The van der Waals surface area contributed by atoms with Crippen LogP contribution in [0.2, 0.25) is 0 Å². The third-order valence-electron chi connectivity index (χ3n) is 4.59. The summed E-state index contributed by atoms with van der Waals surface area (Å²) in [4.78, 5) is 16.1. The van der Waals surface area contributed by atoms with Crippen molar-refractivity contribution in [3.63, 3.8) is 0 Å². The SMILES string of the molecule is CN(CCc1ccccc1)c1cccc(-c2csc(NC3=NCCCN3)n2)n1. The largest absolute Gasteiger partial charge is 0.359 e. The normalized spacial score (nSPS) is 13.5. The highest BCUT2D eigenvalue weighted by Gasteiger charge is 2.11. The first-order valence-corrected chi connectivity index (χ1v) is 10.4. The molecule has 1 aromatic carbocycles. The van der Waals surface area contributed by atoms with Crippen LogP contribution in [0.15, 0.2) is 58.9 Å². The standard InChI is InChI=1S/C21H24N6S/c1-27(14-11-16-7-3-2-4-8-16)19-10-5-9-17(24-19)18-15-28-21(25-18)26-20-22-12-6-13-23-20/h2-5,7-10,15H,6,11-14H2,1H3,(H2,22,23,25,26). The molecule has 144 valence electrons. The Bertz CT molecular complexity index is 937. The fourth-order valence-electron chi connectivity index (χ4n) is 3.00. The van der Waals surface area contributed by atoms with Crippen LogP contribution >= 0.6 is 11.3 Å². The van der Waals surface area contributed by atoms with Gasteiger partial charge >= 0.3 is 0 Å². The van der Waals surface area contributed by atoms with E-state index in [0.717, 1.165) is 60.8 Å². The Kier molecular flexibility index (Phi) is 5.82. The first-order valence-electron chi connectivity index (χ1n) is 9.51. The summed E-state index contributed by atoms with van der Waals surface area (Å²) >= 11 is 1.56. The monoisotopic (exact) mass is 392 g/mol. The number of anilines is 2. The number of likely N-dealkylation sites (N-methyl/N-ethyl adjacent to an activating group) is 1. The Labute approximate surface area is 169 Å².